The maximum Gasteiger partial charge on any atom is 0.246 e. The van der Waals surface area contributed by atoms with E-state index >= 15 is 0 Å². The molecule has 1 aliphatic rings. The molecule has 1 aliphatic heterocycles. The van der Waals surface area contributed by atoms with Crippen LogP contribution in [0.3, 0.4) is 0 Å². The molecule has 6 nitrogen and oxygen atoms in total. The van der Waals surface area contributed by atoms with Crippen molar-refractivity contribution in [1.29, 1.82) is 0 Å². The Hall–Kier alpha value is -3.00. The number of rotatable bonds is 5. The van der Waals surface area contributed by atoms with Crippen LogP contribution in [0.15, 0.2) is 48.8 Å². The average Bonchev–Trinajstić information content (AvgIpc) is 2.99. The molecule has 0 bridgehead atoms. The van der Waals surface area contributed by atoms with E-state index in [-0.39, 0.29) is 11.6 Å². The van der Waals surface area contributed by atoms with Crippen molar-refractivity contribution >= 4 is 17.3 Å². The molecule has 25 heavy (non-hydrogen) atoms. The number of nitrogens with zero attached hydrogens (tertiary/aromatic N) is 3. The van der Waals surface area contributed by atoms with E-state index in [4.69, 9.17) is 0 Å². The SMILES string of the molecule is Fc1cc(Nc2ncn(-c3cccc(F)c3)n2)cc(NC2CNC2)c1. The lowest BCUT2D eigenvalue weighted by Gasteiger charge is -2.29. The lowest BCUT2D eigenvalue weighted by Crippen LogP contribution is -2.51. The number of benzene rings is 2. The van der Waals surface area contributed by atoms with E-state index in [1.54, 1.807) is 18.2 Å². The van der Waals surface area contributed by atoms with Gasteiger partial charge in [0.1, 0.15) is 18.0 Å². The van der Waals surface area contributed by atoms with Crippen molar-refractivity contribution in [3.05, 3.63) is 60.4 Å². The van der Waals surface area contributed by atoms with Crippen molar-refractivity contribution < 1.29 is 8.78 Å². The highest BCUT2D eigenvalue weighted by atomic mass is 19.1. The molecule has 3 aromatic rings. The Kier molecular flexibility index (Phi) is 4.02. The molecule has 2 aromatic carbocycles. The van der Waals surface area contributed by atoms with Crippen LogP contribution in [0.5, 0.6) is 0 Å². The predicted octanol–water partition coefficient (Wildman–Crippen LogP) is 2.67. The van der Waals surface area contributed by atoms with E-state index in [2.05, 4.69) is 26.0 Å². The minimum atomic E-state index is -0.357. The van der Waals surface area contributed by atoms with E-state index in [9.17, 15) is 8.78 Å². The summed E-state index contributed by atoms with van der Waals surface area (Å²) < 4.78 is 28.6. The Bertz CT molecular complexity index is 890. The maximum absolute atomic E-state index is 13.8. The summed E-state index contributed by atoms with van der Waals surface area (Å²) in [6, 6.07) is 10.9. The van der Waals surface area contributed by atoms with Crippen molar-refractivity contribution in [2.75, 3.05) is 23.7 Å². The van der Waals surface area contributed by atoms with Gasteiger partial charge in [-0.05, 0) is 36.4 Å². The van der Waals surface area contributed by atoms with E-state index in [0.717, 1.165) is 13.1 Å². The fourth-order valence-corrected chi connectivity index (χ4v) is 2.56. The van der Waals surface area contributed by atoms with Crippen LogP contribution in [0.1, 0.15) is 0 Å². The third-order valence-electron chi connectivity index (χ3n) is 3.87. The first-order valence-electron chi connectivity index (χ1n) is 7.88. The predicted molar refractivity (Wildman–Crippen MR) is 91.3 cm³/mol. The number of nitrogens with one attached hydrogen (secondary N) is 3. The Labute approximate surface area is 142 Å². The van der Waals surface area contributed by atoms with Gasteiger partial charge < -0.3 is 16.0 Å². The lowest BCUT2D eigenvalue weighted by atomic mass is 10.1. The van der Waals surface area contributed by atoms with Gasteiger partial charge in [0.2, 0.25) is 5.95 Å². The highest BCUT2D eigenvalue weighted by Gasteiger charge is 2.16. The average molecular weight is 342 g/mol. The van der Waals surface area contributed by atoms with Gasteiger partial charge in [-0.3, -0.25) is 0 Å². The fraction of sp³-hybridized carbons (Fsp3) is 0.176. The van der Waals surface area contributed by atoms with E-state index in [1.165, 1.54) is 35.3 Å². The molecule has 0 saturated carbocycles. The second kappa shape index (κ2) is 6.48. The van der Waals surface area contributed by atoms with Gasteiger partial charge in [-0.25, -0.2) is 13.5 Å². The van der Waals surface area contributed by atoms with E-state index < -0.39 is 0 Å². The first kappa shape index (κ1) is 15.5. The molecule has 0 aliphatic carbocycles. The summed E-state index contributed by atoms with van der Waals surface area (Å²) in [7, 11) is 0. The molecule has 128 valence electrons. The molecule has 0 spiro atoms. The van der Waals surface area contributed by atoms with Gasteiger partial charge in [-0.1, -0.05) is 6.07 Å². The first-order valence-corrected chi connectivity index (χ1v) is 7.88. The minimum Gasteiger partial charge on any atom is -0.380 e. The zero-order valence-corrected chi connectivity index (χ0v) is 13.2. The van der Waals surface area contributed by atoms with Crippen LogP contribution < -0.4 is 16.0 Å². The van der Waals surface area contributed by atoms with Gasteiger partial charge >= 0.3 is 0 Å². The third-order valence-corrected chi connectivity index (χ3v) is 3.87. The molecule has 4 rings (SSSR count). The highest BCUT2D eigenvalue weighted by Crippen LogP contribution is 2.22. The van der Waals surface area contributed by atoms with Crippen LogP contribution in [0.4, 0.5) is 26.1 Å². The van der Waals surface area contributed by atoms with Gasteiger partial charge in [0.05, 0.1) is 11.7 Å². The quantitative estimate of drug-likeness (QED) is 0.665. The summed E-state index contributed by atoms with van der Waals surface area (Å²) in [6.45, 7) is 1.72. The zero-order valence-electron chi connectivity index (χ0n) is 13.2. The second-order valence-electron chi connectivity index (χ2n) is 5.85. The normalized spacial score (nSPS) is 14.2. The van der Waals surface area contributed by atoms with Crippen molar-refractivity contribution in [3.8, 4) is 5.69 Å². The summed E-state index contributed by atoms with van der Waals surface area (Å²) >= 11 is 0. The Morgan fingerprint density at radius 3 is 2.64 bits per heavy atom. The molecule has 3 N–H and O–H groups in total. The Balaban J connectivity index is 1.52. The number of aromatic nitrogens is 3. The first-order chi connectivity index (χ1) is 12.2. The van der Waals surface area contributed by atoms with Gasteiger partial charge in [-0.2, -0.15) is 4.98 Å². The zero-order chi connectivity index (χ0) is 17.2. The standard InChI is InChI=1S/C17H16F2N6/c18-11-2-1-3-16(6-11)25-10-21-17(24-25)23-14-5-12(19)4-13(7-14)22-15-8-20-9-15/h1-7,10,15,20,22H,8-9H2,(H,23,24). The maximum atomic E-state index is 13.8. The highest BCUT2D eigenvalue weighted by molar-refractivity contribution is 5.61. The van der Waals surface area contributed by atoms with Crippen LogP contribution in [0, 0.1) is 11.6 Å². The molecule has 1 saturated heterocycles. The molecule has 1 aromatic heterocycles. The monoisotopic (exact) mass is 342 g/mol. The molecular formula is C17H16F2N6. The molecule has 2 heterocycles. The summed E-state index contributed by atoms with van der Waals surface area (Å²) in [6.07, 6.45) is 1.47. The number of hydrogen-bond acceptors (Lipinski definition) is 5. The summed E-state index contributed by atoms with van der Waals surface area (Å²) in [5.41, 5.74) is 1.78. The summed E-state index contributed by atoms with van der Waals surface area (Å²) in [5.74, 6) is -0.413. The molecule has 0 amide bonds. The lowest BCUT2D eigenvalue weighted by molar-refractivity contribution is 0.472. The Morgan fingerprint density at radius 2 is 1.88 bits per heavy atom. The number of hydrogen-bond donors (Lipinski definition) is 3. The van der Waals surface area contributed by atoms with E-state index in [1.807, 2.05) is 0 Å². The molecule has 1 fully saturated rings. The van der Waals surface area contributed by atoms with Crippen LogP contribution in [0.2, 0.25) is 0 Å². The largest absolute Gasteiger partial charge is 0.380 e. The van der Waals surface area contributed by atoms with Crippen LogP contribution in [0.25, 0.3) is 5.69 Å². The van der Waals surface area contributed by atoms with Crippen molar-refractivity contribution in [3.63, 3.8) is 0 Å². The number of anilines is 3. The summed E-state index contributed by atoms with van der Waals surface area (Å²) in [4.78, 5) is 4.13. The minimum absolute atomic E-state index is 0.297. The Morgan fingerprint density at radius 1 is 1.04 bits per heavy atom. The summed E-state index contributed by atoms with van der Waals surface area (Å²) in [5, 5.41) is 13.6. The third kappa shape index (κ3) is 3.58. The number of halogens is 2. The van der Waals surface area contributed by atoms with E-state index in [0.29, 0.717) is 29.1 Å². The van der Waals surface area contributed by atoms with Crippen LogP contribution >= 0.6 is 0 Å². The molecule has 0 unspecified atom stereocenters. The molecule has 8 heteroatoms. The fourth-order valence-electron chi connectivity index (χ4n) is 2.56. The van der Waals surface area contributed by atoms with Crippen LogP contribution in [-0.4, -0.2) is 33.9 Å². The smallest absolute Gasteiger partial charge is 0.246 e. The van der Waals surface area contributed by atoms with Crippen LogP contribution in [-0.2, 0) is 0 Å². The van der Waals surface area contributed by atoms with Gasteiger partial charge in [0.15, 0.2) is 0 Å². The second-order valence-corrected chi connectivity index (χ2v) is 5.85. The topological polar surface area (TPSA) is 66.8 Å². The van der Waals surface area contributed by atoms with Gasteiger partial charge in [0, 0.05) is 24.5 Å². The van der Waals surface area contributed by atoms with Crippen molar-refractivity contribution in [2.24, 2.45) is 0 Å². The molecular weight excluding hydrogens is 326 g/mol. The van der Waals surface area contributed by atoms with Gasteiger partial charge in [-0.15, -0.1) is 5.10 Å². The van der Waals surface area contributed by atoms with Crippen molar-refractivity contribution in [1.82, 2.24) is 20.1 Å². The van der Waals surface area contributed by atoms with Gasteiger partial charge in [0.25, 0.3) is 0 Å². The molecule has 0 atom stereocenters. The van der Waals surface area contributed by atoms with Crippen molar-refractivity contribution in [2.45, 2.75) is 6.04 Å². The molecule has 0 radical (unpaired) electrons.